The lowest BCUT2D eigenvalue weighted by atomic mass is 10.0. The van der Waals surface area contributed by atoms with Crippen LogP contribution in [0, 0.1) is 11.6 Å². The molecule has 0 fully saturated rings. The van der Waals surface area contributed by atoms with Crippen LogP contribution in [0.25, 0.3) is 55.8 Å². The molecule has 0 saturated carbocycles. The Morgan fingerprint density at radius 2 is 1.77 bits per heavy atom. The van der Waals surface area contributed by atoms with Gasteiger partial charge in [-0.2, -0.15) is 4.99 Å². The van der Waals surface area contributed by atoms with Crippen LogP contribution in [0.2, 0.25) is 0 Å². The largest absolute Gasteiger partial charge is 0.470 e. The summed E-state index contributed by atoms with van der Waals surface area (Å²) in [6.07, 6.45) is 2.42. The van der Waals surface area contributed by atoms with Gasteiger partial charge in [0.2, 0.25) is 10.0 Å². The first-order valence-corrected chi connectivity index (χ1v) is 16.2. The number of carbonyl (C=O) groups excluding carboxylic acids is 1. The molecule has 0 saturated heterocycles. The Morgan fingerprint density at radius 1 is 1.00 bits per heavy atom. The molecule has 1 amide bonds. The van der Waals surface area contributed by atoms with E-state index in [1.807, 2.05) is 4.57 Å². The lowest BCUT2D eigenvalue weighted by Gasteiger charge is -2.23. The fourth-order valence-electron chi connectivity index (χ4n) is 5.64. The molecule has 1 aliphatic heterocycles. The Hall–Kier alpha value is -5.56. The second-order valence-corrected chi connectivity index (χ2v) is 13.4. The summed E-state index contributed by atoms with van der Waals surface area (Å²) in [5.41, 5.74) is 3.40. The molecule has 13 heteroatoms. The quantitative estimate of drug-likeness (QED) is 0.148. The molecule has 3 aromatic carbocycles. The van der Waals surface area contributed by atoms with Gasteiger partial charge < -0.3 is 18.6 Å². The van der Waals surface area contributed by atoms with Crippen molar-refractivity contribution in [1.82, 2.24) is 14.5 Å². The number of halogens is 2. The Kier molecular flexibility index (Phi) is 7.08. The number of hydrogen-bond donors (Lipinski definition) is 0. The SMILES string of the molecule is CN(C)/C=N\C(=O)c1c(-c2ccc(F)cc2)oc2cc(N(C)S(C)(=O)=O)c(-c3ccc4c(n3)-c3cc5c(F)cccc5n3CO4)cc12. The van der Waals surface area contributed by atoms with E-state index in [1.165, 1.54) is 49.8 Å². The van der Waals surface area contributed by atoms with Crippen molar-refractivity contribution in [1.29, 1.82) is 0 Å². The standard InChI is InChI=1S/C34H27F2N5O5S/c1-39(2)17-37-34(42)31-23-14-22(27(40(3)47(4,43)44)16-30(23)46-33(31)19-8-10-20(35)11-9-19)25-12-13-29-32(38-25)28-15-21-24(36)6-5-7-26(21)41(28)18-45-29/h5-17H,18H2,1-4H3/b37-17-. The Labute approximate surface area is 268 Å². The van der Waals surface area contributed by atoms with E-state index in [4.69, 9.17) is 14.1 Å². The zero-order valence-corrected chi connectivity index (χ0v) is 26.5. The van der Waals surface area contributed by atoms with E-state index < -0.39 is 21.7 Å². The van der Waals surface area contributed by atoms with Gasteiger partial charge in [0, 0.05) is 49.1 Å². The van der Waals surface area contributed by atoms with E-state index in [9.17, 15) is 22.0 Å². The van der Waals surface area contributed by atoms with Gasteiger partial charge in [0.15, 0.2) is 6.73 Å². The number of furan rings is 1. The smallest absolute Gasteiger partial charge is 0.282 e. The summed E-state index contributed by atoms with van der Waals surface area (Å²) >= 11 is 0. The third-order valence-corrected chi connectivity index (χ3v) is 9.18. The van der Waals surface area contributed by atoms with Crippen molar-refractivity contribution < 1.29 is 31.1 Å². The van der Waals surface area contributed by atoms with Crippen LogP contribution < -0.4 is 9.04 Å². The predicted molar refractivity (Wildman–Crippen MR) is 176 cm³/mol. The lowest BCUT2D eigenvalue weighted by Crippen LogP contribution is -2.25. The van der Waals surface area contributed by atoms with Gasteiger partial charge in [0.1, 0.15) is 34.4 Å². The van der Waals surface area contributed by atoms with Crippen molar-refractivity contribution in [2.45, 2.75) is 6.73 Å². The molecule has 47 heavy (non-hydrogen) atoms. The van der Waals surface area contributed by atoms with Gasteiger partial charge in [-0.3, -0.25) is 9.10 Å². The van der Waals surface area contributed by atoms with Crippen molar-refractivity contribution in [2.24, 2.45) is 4.99 Å². The number of fused-ring (bicyclic) bond motifs is 6. The van der Waals surface area contributed by atoms with Crippen LogP contribution in [0.4, 0.5) is 14.5 Å². The summed E-state index contributed by atoms with van der Waals surface area (Å²) in [4.78, 5) is 24.2. The number of nitrogens with zero attached hydrogens (tertiary/aromatic N) is 5. The zero-order valence-electron chi connectivity index (χ0n) is 25.7. The van der Waals surface area contributed by atoms with Gasteiger partial charge in [-0.25, -0.2) is 22.2 Å². The van der Waals surface area contributed by atoms with Crippen LogP contribution in [0.3, 0.4) is 0 Å². The average Bonchev–Trinajstić information content (AvgIpc) is 3.62. The van der Waals surface area contributed by atoms with Gasteiger partial charge in [-0.1, -0.05) is 6.07 Å². The highest BCUT2D eigenvalue weighted by Gasteiger charge is 2.28. The van der Waals surface area contributed by atoms with Crippen LogP contribution in [0.5, 0.6) is 5.75 Å². The van der Waals surface area contributed by atoms with Crippen LogP contribution >= 0.6 is 0 Å². The van der Waals surface area contributed by atoms with Crippen molar-refractivity contribution in [3.63, 3.8) is 0 Å². The third kappa shape index (κ3) is 5.18. The number of carbonyl (C=O) groups is 1. The summed E-state index contributed by atoms with van der Waals surface area (Å²) in [6.45, 7) is 0.157. The topological polar surface area (TPSA) is 110 Å². The fourth-order valence-corrected chi connectivity index (χ4v) is 6.15. The van der Waals surface area contributed by atoms with E-state index >= 15 is 0 Å². The molecule has 0 N–H and O–H groups in total. The van der Waals surface area contributed by atoms with Gasteiger partial charge in [-0.15, -0.1) is 0 Å². The number of sulfonamides is 1. The number of aromatic nitrogens is 2. The van der Waals surface area contributed by atoms with Crippen molar-refractivity contribution in [2.75, 3.05) is 31.7 Å². The summed E-state index contributed by atoms with van der Waals surface area (Å²) in [5.74, 6) is -0.850. The molecule has 1 aliphatic rings. The van der Waals surface area contributed by atoms with Gasteiger partial charge in [-0.05, 0) is 60.7 Å². The average molecular weight is 656 g/mol. The molecular weight excluding hydrogens is 628 g/mol. The Balaban J connectivity index is 1.49. The number of anilines is 1. The summed E-state index contributed by atoms with van der Waals surface area (Å²) in [6, 6.07) is 18.5. The van der Waals surface area contributed by atoms with Crippen LogP contribution in [0.15, 0.2) is 82.2 Å². The monoisotopic (exact) mass is 655 g/mol. The van der Waals surface area contributed by atoms with Gasteiger partial charge >= 0.3 is 0 Å². The molecule has 0 spiro atoms. The summed E-state index contributed by atoms with van der Waals surface area (Å²) in [7, 11) is 1.06. The normalized spacial score (nSPS) is 12.7. The van der Waals surface area contributed by atoms with Crippen LogP contribution in [-0.4, -0.2) is 62.5 Å². The van der Waals surface area contributed by atoms with Crippen LogP contribution in [-0.2, 0) is 16.8 Å². The highest BCUT2D eigenvalue weighted by molar-refractivity contribution is 7.92. The minimum Gasteiger partial charge on any atom is -0.470 e. The lowest BCUT2D eigenvalue weighted by molar-refractivity contribution is 0.100. The minimum absolute atomic E-state index is 0.108. The van der Waals surface area contributed by atoms with Crippen molar-refractivity contribution in [3.05, 3.63) is 90.0 Å². The third-order valence-electron chi connectivity index (χ3n) is 7.99. The van der Waals surface area contributed by atoms with Gasteiger partial charge in [0.25, 0.3) is 5.91 Å². The van der Waals surface area contributed by atoms with Gasteiger partial charge in [0.05, 0.1) is 40.7 Å². The molecular formula is C34H27F2N5O5S. The molecule has 238 valence electrons. The van der Waals surface area contributed by atoms with Crippen molar-refractivity contribution in [3.8, 4) is 39.7 Å². The first kappa shape index (κ1) is 30.1. The van der Waals surface area contributed by atoms with E-state index in [-0.39, 0.29) is 35.1 Å². The Bertz CT molecular complexity index is 2380. The number of rotatable bonds is 6. The van der Waals surface area contributed by atoms with E-state index in [0.29, 0.717) is 50.2 Å². The molecule has 3 aromatic heterocycles. The number of aliphatic imine (C=N–C) groups is 1. The number of pyridine rings is 1. The Morgan fingerprint density at radius 3 is 2.49 bits per heavy atom. The number of ether oxygens (including phenoxy) is 1. The molecule has 10 nitrogen and oxygen atoms in total. The minimum atomic E-state index is -3.78. The number of amides is 1. The second-order valence-electron chi connectivity index (χ2n) is 11.4. The highest BCUT2D eigenvalue weighted by Crippen LogP contribution is 2.44. The molecule has 7 rings (SSSR count). The molecule has 0 aliphatic carbocycles. The van der Waals surface area contributed by atoms with Crippen molar-refractivity contribution >= 4 is 49.8 Å². The molecule has 0 radical (unpaired) electrons. The number of hydrogen-bond acceptors (Lipinski definition) is 6. The van der Waals surface area contributed by atoms with E-state index in [2.05, 4.69) is 4.99 Å². The first-order chi connectivity index (χ1) is 22.4. The maximum absolute atomic E-state index is 14.7. The molecule has 4 heterocycles. The molecule has 0 atom stereocenters. The molecule has 6 aromatic rings. The second kappa shape index (κ2) is 11.1. The molecule has 0 bridgehead atoms. The first-order valence-electron chi connectivity index (χ1n) is 14.4. The summed E-state index contributed by atoms with van der Waals surface area (Å²) in [5, 5.41) is 0.760. The fraction of sp³-hybridized carbons (Fsp3) is 0.147. The zero-order chi connectivity index (χ0) is 33.2. The maximum Gasteiger partial charge on any atom is 0.282 e. The van der Waals surface area contributed by atoms with E-state index in [1.54, 1.807) is 55.4 Å². The molecule has 0 unspecified atom stereocenters. The predicted octanol–water partition coefficient (Wildman–Crippen LogP) is 6.54. The van der Waals surface area contributed by atoms with Crippen LogP contribution in [0.1, 0.15) is 10.4 Å². The highest BCUT2D eigenvalue weighted by atomic mass is 32.2. The van der Waals surface area contributed by atoms with E-state index in [0.717, 1.165) is 10.6 Å². The number of benzene rings is 3. The summed E-state index contributed by atoms with van der Waals surface area (Å²) < 4.78 is 69.4. The maximum atomic E-state index is 14.7.